The number of sulfonamides is 1. The van der Waals surface area contributed by atoms with E-state index in [1.54, 1.807) is 24.0 Å². The highest BCUT2D eigenvalue weighted by Crippen LogP contribution is 2.28. The van der Waals surface area contributed by atoms with Crippen molar-refractivity contribution in [3.63, 3.8) is 0 Å². The summed E-state index contributed by atoms with van der Waals surface area (Å²) in [5.41, 5.74) is 0.706. The van der Waals surface area contributed by atoms with Gasteiger partial charge in [-0.1, -0.05) is 6.92 Å². The van der Waals surface area contributed by atoms with Crippen molar-refractivity contribution in [3.05, 3.63) is 29.8 Å². The van der Waals surface area contributed by atoms with Crippen molar-refractivity contribution in [2.75, 3.05) is 29.8 Å². The van der Waals surface area contributed by atoms with Crippen molar-refractivity contribution < 1.29 is 23.1 Å². The van der Waals surface area contributed by atoms with E-state index in [4.69, 9.17) is 0 Å². The predicted octanol–water partition coefficient (Wildman–Crippen LogP) is 0.844. The number of hydrogen-bond donors (Lipinski definition) is 1. The van der Waals surface area contributed by atoms with E-state index in [1.165, 1.54) is 12.1 Å². The Morgan fingerprint density at radius 3 is 2.52 bits per heavy atom. The maximum atomic E-state index is 12.6. The fraction of sp³-hybridized carbons (Fsp3) is 0.529. The second-order valence-corrected chi connectivity index (χ2v) is 8.63. The van der Waals surface area contributed by atoms with Crippen LogP contribution in [0, 0.1) is 11.8 Å². The third-order valence-electron chi connectivity index (χ3n) is 4.77. The normalized spacial score (nSPS) is 26.1. The monoisotopic (exact) mass is 366 g/mol. The molecule has 0 radical (unpaired) electrons. The number of benzene rings is 1. The SMILES string of the molecule is CC1CS(=O)(=O)N(c2ccc(C(=O)N3CCCC(CO)C3)cc2)C1=O. The molecule has 0 aromatic heterocycles. The van der Waals surface area contributed by atoms with Crippen LogP contribution in [0.15, 0.2) is 24.3 Å². The Labute approximate surface area is 147 Å². The molecule has 3 rings (SSSR count). The van der Waals surface area contributed by atoms with Crippen molar-refractivity contribution in [3.8, 4) is 0 Å². The topological polar surface area (TPSA) is 95.0 Å². The molecule has 136 valence electrons. The summed E-state index contributed by atoms with van der Waals surface area (Å²) in [4.78, 5) is 26.4. The molecule has 0 bridgehead atoms. The highest BCUT2D eigenvalue weighted by atomic mass is 32.2. The van der Waals surface area contributed by atoms with Crippen molar-refractivity contribution in [2.45, 2.75) is 19.8 Å². The molecular formula is C17H22N2O5S. The van der Waals surface area contributed by atoms with Gasteiger partial charge >= 0.3 is 0 Å². The van der Waals surface area contributed by atoms with Crippen LogP contribution in [0.2, 0.25) is 0 Å². The molecule has 0 aliphatic carbocycles. The molecule has 0 spiro atoms. The van der Waals surface area contributed by atoms with Crippen LogP contribution < -0.4 is 4.31 Å². The summed E-state index contributed by atoms with van der Waals surface area (Å²) in [7, 11) is -3.64. The summed E-state index contributed by atoms with van der Waals surface area (Å²) in [6, 6.07) is 6.08. The number of carbonyl (C=O) groups excluding carboxylic acids is 2. The van der Waals surface area contributed by atoms with E-state index in [0.29, 0.717) is 18.7 Å². The molecule has 0 saturated carbocycles. The standard InChI is InChI=1S/C17H22N2O5S/c1-12-11-25(23,24)19(16(12)21)15-6-4-14(5-7-15)17(22)18-8-2-3-13(9-18)10-20/h4-7,12-13,20H,2-3,8-11H2,1H3. The minimum absolute atomic E-state index is 0.0653. The average molecular weight is 366 g/mol. The van der Waals surface area contributed by atoms with Crippen LogP contribution in [0.4, 0.5) is 5.69 Å². The Morgan fingerprint density at radius 1 is 1.28 bits per heavy atom. The number of rotatable bonds is 3. The fourth-order valence-corrected chi connectivity index (χ4v) is 5.23. The van der Waals surface area contributed by atoms with E-state index in [1.807, 2.05) is 0 Å². The molecule has 2 amide bonds. The van der Waals surface area contributed by atoms with Gasteiger partial charge in [0.15, 0.2) is 0 Å². The van der Waals surface area contributed by atoms with Gasteiger partial charge in [-0.2, -0.15) is 0 Å². The van der Waals surface area contributed by atoms with Gasteiger partial charge in [-0.3, -0.25) is 9.59 Å². The molecule has 1 aromatic carbocycles. The number of likely N-dealkylation sites (tertiary alicyclic amines) is 1. The lowest BCUT2D eigenvalue weighted by Crippen LogP contribution is -2.41. The fourth-order valence-electron chi connectivity index (χ4n) is 3.41. The van der Waals surface area contributed by atoms with Crippen molar-refractivity contribution in [1.29, 1.82) is 0 Å². The summed E-state index contributed by atoms with van der Waals surface area (Å²) in [6.45, 7) is 2.82. The van der Waals surface area contributed by atoms with E-state index in [9.17, 15) is 23.1 Å². The number of hydrogen-bond acceptors (Lipinski definition) is 5. The van der Waals surface area contributed by atoms with Crippen LogP contribution in [-0.4, -0.2) is 55.7 Å². The van der Waals surface area contributed by atoms with Gasteiger partial charge < -0.3 is 10.0 Å². The summed E-state index contributed by atoms with van der Waals surface area (Å²) < 4.78 is 25.1. The smallest absolute Gasteiger partial charge is 0.253 e. The Balaban J connectivity index is 1.78. The molecule has 2 atom stereocenters. The molecule has 8 heteroatoms. The van der Waals surface area contributed by atoms with E-state index in [-0.39, 0.29) is 29.9 Å². The van der Waals surface area contributed by atoms with Crippen LogP contribution >= 0.6 is 0 Å². The molecule has 2 aliphatic heterocycles. The third-order valence-corrected chi connectivity index (χ3v) is 6.64. The minimum Gasteiger partial charge on any atom is -0.396 e. The molecule has 2 saturated heterocycles. The van der Waals surface area contributed by atoms with Gasteiger partial charge in [-0.15, -0.1) is 0 Å². The highest BCUT2D eigenvalue weighted by Gasteiger charge is 2.41. The molecule has 2 aliphatic rings. The lowest BCUT2D eigenvalue weighted by molar-refractivity contribution is -0.119. The lowest BCUT2D eigenvalue weighted by atomic mass is 9.98. The van der Waals surface area contributed by atoms with E-state index >= 15 is 0 Å². The highest BCUT2D eigenvalue weighted by molar-refractivity contribution is 7.94. The first-order valence-electron chi connectivity index (χ1n) is 8.40. The van der Waals surface area contributed by atoms with Gasteiger partial charge in [0.2, 0.25) is 15.9 Å². The average Bonchev–Trinajstić information content (AvgIpc) is 2.81. The molecule has 2 heterocycles. The minimum atomic E-state index is -3.64. The molecule has 1 N–H and O–H groups in total. The first kappa shape index (κ1) is 17.9. The molecular weight excluding hydrogens is 344 g/mol. The van der Waals surface area contributed by atoms with E-state index < -0.39 is 21.8 Å². The number of carbonyl (C=O) groups is 2. The Bertz CT molecular complexity index is 775. The summed E-state index contributed by atoms with van der Waals surface area (Å²) in [5.74, 6) is -1.24. The number of nitrogens with zero attached hydrogens (tertiary/aromatic N) is 2. The Morgan fingerprint density at radius 2 is 1.96 bits per heavy atom. The molecule has 25 heavy (non-hydrogen) atoms. The molecule has 1 aromatic rings. The second kappa shape index (κ2) is 6.76. The Hall–Kier alpha value is -1.93. The van der Waals surface area contributed by atoms with Gasteiger partial charge in [-0.25, -0.2) is 12.7 Å². The summed E-state index contributed by atoms with van der Waals surface area (Å²) >= 11 is 0. The molecule has 7 nitrogen and oxygen atoms in total. The van der Waals surface area contributed by atoms with Crippen molar-refractivity contribution in [2.24, 2.45) is 11.8 Å². The van der Waals surface area contributed by atoms with E-state index in [0.717, 1.165) is 17.1 Å². The predicted molar refractivity (Wildman–Crippen MR) is 92.6 cm³/mol. The quantitative estimate of drug-likeness (QED) is 0.855. The zero-order valence-electron chi connectivity index (χ0n) is 14.1. The van der Waals surface area contributed by atoms with Gasteiger partial charge in [0, 0.05) is 25.3 Å². The third kappa shape index (κ3) is 3.41. The van der Waals surface area contributed by atoms with Gasteiger partial charge in [-0.05, 0) is 43.0 Å². The van der Waals surface area contributed by atoms with Crippen LogP contribution in [0.5, 0.6) is 0 Å². The van der Waals surface area contributed by atoms with Crippen LogP contribution in [0.1, 0.15) is 30.1 Å². The number of amides is 2. The summed E-state index contributed by atoms with van der Waals surface area (Å²) in [6.07, 6.45) is 1.76. The van der Waals surface area contributed by atoms with Crippen LogP contribution in [0.3, 0.4) is 0 Å². The number of anilines is 1. The van der Waals surface area contributed by atoms with Gasteiger partial charge in [0.25, 0.3) is 5.91 Å². The maximum absolute atomic E-state index is 12.6. The van der Waals surface area contributed by atoms with Gasteiger partial charge in [0.1, 0.15) is 0 Å². The maximum Gasteiger partial charge on any atom is 0.253 e. The largest absolute Gasteiger partial charge is 0.396 e. The zero-order chi connectivity index (χ0) is 18.2. The summed E-state index contributed by atoms with van der Waals surface area (Å²) in [5, 5.41) is 9.28. The first-order valence-corrected chi connectivity index (χ1v) is 10.0. The van der Waals surface area contributed by atoms with Crippen LogP contribution in [0.25, 0.3) is 0 Å². The number of aliphatic hydroxyl groups is 1. The van der Waals surface area contributed by atoms with Crippen molar-refractivity contribution >= 4 is 27.5 Å². The number of piperidine rings is 1. The van der Waals surface area contributed by atoms with Crippen molar-refractivity contribution in [1.82, 2.24) is 4.90 Å². The van der Waals surface area contributed by atoms with Gasteiger partial charge in [0.05, 0.1) is 17.4 Å². The molecule has 2 fully saturated rings. The Kier molecular flexibility index (Phi) is 4.83. The first-order chi connectivity index (χ1) is 11.8. The lowest BCUT2D eigenvalue weighted by Gasteiger charge is -2.32. The van der Waals surface area contributed by atoms with E-state index in [2.05, 4.69) is 0 Å². The number of aliphatic hydroxyl groups excluding tert-OH is 1. The van der Waals surface area contributed by atoms with Crippen LogP contribution in [-0.2, 0) is 14.8 Å². The zero-order valence-corrected chi connectivity index (χ0v) is 14.9. The molecule has 2 unspecified atom stereocenters. The second-order valence-electron chi connectivity index (χ2n) is 6.77.